The van der Waals surface area contributed by atoms with Gasteiger partial charge in [0.1, 0.15) is 5.56 Å². The Morgan fingerprint density at radius 1 is 0.804 bits per heavy atom. The van der Waals surface area contributed by atoms with E-state index in [9.17, 15) is 18.0 Å². The first kappa shape index (κ1) is 30.9. The third-order valence-corrected chi connectivity index (χ3v) is 8.15. The number of benzene rings is 3. The van der Waals surface area contributed by atoms with Gasteiger partial charge in [0.25, 0.3) is 5.91 Å². The summed E-state index contributed by atoms with van der Waals surface area (Å²) in [6.45, 7) is 1.89. The number of halogens is 3. The zero-order valence-corrected chi connectivity index (χ0v) is 25.5. The van der Waals surface area contributed by atoms with Gasteiger partial charge in [-0.3, -0.25) is 9.69 Å². The maximum atomic E-state index is 14.3. The predicted molar refractivity (Wildman–Crippen MR) is 165 cm³/mol. The fourth-order valence-corrected chi connectivity index (χ4v) is 5.93. The van der Waals surface area contributed by atoms with Crippen molar-refractivity contribution in [2.75, 3.05) is 47.5 Å². The summed E-state index contributed by atoms with van der Waals surface area (Å²) in [6.07, 6.45) is -3.62. The van der Waals surface area contributed by atoms with Gasteiger partial charge in [-0.15, -0.1) is 0 Å². The summed E-state index contributed by atoms with van der Waals surface area (Å²) in [5.41, 5.74) is 1.24. The number of methoxy groups -OCH3 is 3. The molecule has 1 amide bonds. The molecule has 0 radical (unpaired) electrons. The minimum absolute atomic E-state index is 0.00585. The highest BCUT2D eigenvalue weighted by atomic mass is 19.4. The Morgan fingerprint density at radius 3 is 1.87 bits per heavy atom. The van der Waals surface area contributed by atoms with Crippen molar-refractivity contribution in [3.05, 3.63) is 107 Å². The van der Waals surface area contributed by atoms with Crippen LogP contribution in [-0.2, 0) is 6.18 Å². The van der Waals surface area contributed by atoms with E-state index in [0.717, 1.165) is 23.4 Å². The number of carbonyl (C=O) groups excluding carboxylic acids is 1. The second-order valence-electron chi connectivity index (χ2n) is 10.8. The van der Waals surface area contributed by atoms with Crippen LogP contribution in [0.15, 0.2) is 85.1 Å². The van der Waals surface area contributed by atoms with Gasteiger partial charge in [-0.05, 0) is 29.3 Å². The largest absolute Gasteiger partial charge is 0.493 e. The molecule has 1 fully saturated rings. The van der Waals surface area contributed by atoms with Gasteiger partial charge in [0.05, 0.1) is 39.3 Å². The lowest BCUT2D eigenvalue weighted by Crippen LogP contribution is -2.49. The number of nitrogens with zero attached hydrogens (tertiary/aromatic N) is 5. The molecule has 0 spiro atoms. The molecule has 0 atom stereocenters. The number of hydrogen-bond acceptors (Lipinski definition) is 7. The van der Waals surface area contributed by atoms with Crippen molar-refractivity contribution in [1.29, 1.82) is 0 Å². The van der Waals surface area contributed by atoms with Crippen LogP contribution in [-0.4, -0.2) is 77.8 Å². The van der Waals surface area contributed by atoms with Crippen LogP contribution in [0.4, 0.5) is 13.2 Å². The van der Waals surface area contributed by atoms with E-state index < -0.39 is 17.8 Å². The van der Waals surface area contributed by atoms with E-state index in [2.05, 4.69) is 39.2 Å². The van der Waals surface area contributed by atoms with Gasteiger partial charge in [0, 0.05) is 31.7 Å². The lowest BCUT2D eigenvalue weighted by molar-refractivity contribution is -0.142. The predicted octanol–water partition coefficient (Wildman–Crippen LogP) is 5.99. The lowest BCUT2D eigenvalue weighted by atomic mass is 9.96. The molecule has 0 aliphatic carbocycles. The number of carbonyl (C=O) groups is 1. The maximum Gasteiger partial charge on any atom is 0.433 e. The Balaban J connectivity index is 1.33. The molecule has 3 aromatic carbocycles. The van der Waals surface area contributed by atoms with Crippen LogP contribution >= 0.6 is 0 Å². The zero-order chi connectivity index (χ0) is 32.4. The van der Waals surface area contributed by atoms with Gasteiger partial charge in [0.15, 0.2) is 22.8 Å². The summed E-state index contributed by atoms with van der Waals surface area (Å²) in [4.78, 5) is 22.3. The molecule has 0 unspecified atom stereocenters. The minimum atomic E-state index is -4.78. The van der Waals surface area contributed by atoms with E-state index in [1.165, 1.54) is 33.5 Å². The van der Waals surface area contributed by atoms with Gasteiger partial charge >= 0.3 is 6.18 Å². The van der Waals surface area contributed by atoms with Crippen LogP contribution in [0.25, 0.3) is 16.9 Å². The summed E-state index contributed by atoms with van der Waals surface area (Å²) in [7, 11) is 4.25. The molecule has 12 heteroatoms. The number of amides is 1. The first-order chi connectivity index (χ1) is 22.2. The summed E-state index contributed by atoms with van der Waals surface area (Å²) in [5, 5.41) is 3.96. The molecule has 1 saturated heterocycles. The second-order valence-corrected chi connectivity index (χ2v) is 10.8. The lowest BCUT2D eigenvalue weighted by Gasteiger charge is -2.39. The highest BCUT2D eigenvalue weighted by Crippen LogP contribution is 2.42. The molecule has 9 nitrogen and oxygen atoms in total. The molecule has 3 heterocycles. The van der Waals surface area contributed by atoms with E-state index in [4.69, 9.17) is 14.2 Å². The highest BCUT2D eigenvalue weighted by molar-refractivity contribution is 6.00. The van der Waals surface area contributed by atoms with Crippen molar-refractivity contribution in [2.45, 2.75) is 12.2 Å². The van der Waals surface area contributed by atoms with Crippen LogP contribution in [0, 0.1) is 0 Å². The Morgan fingerprint density at radius 2 is 1.37 bits per heavy atom. The fourth-order valence-electron chi connectivity index (χ4n) is 5.93. The van der Waals surface area contributed by atoms with Crippen molar-refractivity contribution in [3.63, 3.8) is 0 Å². The van der Waals surface area contributed by atoms with Crippen LogP contribution in [0.2, 0.25) is 0 Å². The number of piperazine rings is 1. The van der Waals surface area contributed by atoms with Gasteiger partial charge in [-0.25, -0.2) is 9.50 Å². The normalized spacial score (nSPS) is 14.1. The third-order valence-electron chi connectivity index (χ3n) is 8.15. The molecule has 1 aliphatic heterocycles. The molecule has 5 aromatic rings. The standard InChI is InChI=1S/C34H32F3N5O4/c1-44-27-18-24(19-28(45-2)31(27)46-3)26-20-29(34(35,36)37)42-32(39-26)25(21-38-42)33(43)41-16-14-40(15-17-41)30(22-10-6-4-7-11-22)23-12-8-5-9-13-23/h4-13,18-21,30H,14-17H2,1-3H3. The summed E-state index contributed by atoms with van der Waals surface area (Å²) in [5.74, 6) is 0.346. The van der Waals surface area contributed by atoms with E-state index >= 15 is 0 Å². The first-order valence-electron chi connectivity index (χ1n) is 14.6. The van der Waals surface area contributed by atoms with Crippen molar-refractivity contribution in [2.24, 2.45) is 0 Å². The Bertz CT molecular complexity index is 1770. The highest BCUT2D eigenvalue weighted by Gasteiger charge is 2.37. The molecule has 6 rings (SSSR count). The Hall–Kier alpha value is -5.10. The molecule has 0 N–H and O–H groups in total. The zero-order valence-electron chi connectivity index (χ0n) is 25.5. The van der Waals surface area contributed by atoms with E-state index in [1.54, 1.807) is 4.90 Å². The number of rotatable bonds is 8. The maximum absolute atomic E-state index is 14.3. The third kappa shape index (κ3) is 5.83. The fraction of sp³-hybridized carbons (Fsp3) is 0.265. The van der Waals surface area contributed by atoms with Crippen LogP contribution in [0.5, 0.6) is 17.2 Å². The Labute approximate surface area is 263 Å². The SMILES string of the molecule is COc1cc(-c2cc(C(F)(F)F)n3ncc(C(=O)N4CCN(C(c5ccccc5)c5ccccc5)CC4)c3n2)cc(OC)c1OC. The van der Waals surface area contributed by atoms with Crippen molar-refractivity contribution < 1.29 is 32.2 Å². The van der Waals surface area contributed by atoms with Gasteiger partial charge in [0.2, 0.25) is 5.75 Å². The monoisotopic (exact) mass is 631 g/mol. The topological polar surface area (TPSA) is 81.4 Å². The van der Waals surface area contributed by atoms with Gasteiger partial charge in [-0.1, -0.05) is 60.7 Å². The average Bonchev–Trinajstić information content (AvgIpc) is 3.51. The summed E-state index contributed by atoms with van der Waals surface area (Å²) in [6, 6.07) is 24.2. The van der Waals surface area contributed by atoms with Gasteiger partial charge < -0.3 is 19.1 Å². The van der Waals surface area contributed by atoms with Gasteiger partial charge in [-0.2, -0.15) is 18.3 Å². The molecule has 0 saturated carbocycles. The quantitative estimate of drug-likeness (QED) is 0.208. The summed E-state index contributed by atoms with van der Waals surface area (Å²) < 4.78 is 59.8. The minimum Gasteiger partial charge on any atom is -0.493 e. The number of ether oxygens (including phenoxy) is 3. The molecular formula is C34H32F3N5O4. The first-order valence-corrected chi connectivity index (χ1v) is 14.6. The molecule has 2 aromatic heterocycles. The second kappa shape index (κ2) is 12.7. The van der Waals surface area contributed by atoms with E-state index in [0.29, 0.717) is 30.7 Å². The summed E-state index contributed by atoms with van der Waals surface area (Å²) >= 11 is 0. The number of alkyl halides is 3. The number of aromatic nitrogens is 3. The smallest absolute Gasteiger partial charge is 0.433 e. The molecule has 46 heavy (non-hydrogen) atoms. The molecule has 238 valence electrons. The van der Waals surface area contributed by atoms with Crippen molar-refractivity contribution in [1.82, 2.24) is 24.4 Å². The molecule has 1 aliphatic rings. The average molecular weight is 632 g/mol. The van der Waals surface area contributed by atoms with E-state index in [-0.39, 0.29) is 45.8 Å². The molecular weight excluding hydrogens is 599 g/mol. The van der Waals surface area contributed by atoms with Crippen molar-refractivity contribution in [3.8, 4) is 28.5 Å². The van der Waals surface area contributed by atoms with Crippen LogP contribution in [0.1, 0.15) is 33.2 Å². The van der Waals surface area contributed by atoms with Crippen molar-refractivity contribution >= 4 is 11.6 Å². The Kier molecular flexibility index (Phi) is 8.55. The molecule has 0 bridgehead atoms. The van der Waals surface area contributed by atoms with Crippen LogP contribution in [0.3, 0.4) is 0 Å². The number of hydrogen-bond donors (Lipinski definition) is 0. The van der Waals surface area contributed by atoms with Crippen LogP contribution < -0.4 is 14.2 Å². The van der Waals surface area contributed by atoms with E-state index in [1.807, 2.05) is 36.4 Å². The number of fused-ring (bicyclic) bond motifs is 1.